The summed E-state index contributed by atoms with van der Waals surface area (Å²) in [5.74, 6) is -0.386. The fraction of sp³-hybridized carbons (Fsp3) is 0.0714. The highest BCUT2D eigenvalue weighted by molar-refractivity contribution is 14.1. The van der Waals surface area contributed by atoms with Crippen LogP contribution in [0.3, 0.4) is 0 Å². The molecule has 2 aromatic carbocycles. The maximum absolute atomic E-state index is 13.0. The molecule has 1 nitrogen and oxygen atoms in total. The first-order valence-corrected chi connectivity index (χ1v) is 6.22. The second-order valence-electron chi connectivity index (χ2n) is 3.80. The highest BCUT2D eigenvalue weighted by atomic mass is 127. The zero-order valence-electron chi connectivity index (χ0n) is 9.21. The summed E-state index contributed by atoms with van der Waals surface area (Å²) in [6.45, 7) is 1.74. The van der Waals surface area contributed by atoms with E-state index in [-0.39, 0.29) is 11.6 Å². The molecule has 0 saturated heterocycles. The molecule has 0 aliphatic rings. The van der Waals surface area contributed by atoms with Crippen molar-refractivity contribution in [3.05, 3.63) is 68.5 Å². The van der Waals surface area contributed by atoms with E-state index in [4.69, 9.17) is 0 Å². The van der Waals surface area contributed by atoms with Gasteiger partial charge in [-0.2, -0.15) is 0 Å². The Bertz CT molecular complexity index is 578. The van der Waals surface area contributed by atoms with Crippen molar-refractivity contribution in [2.75, 3.05) is 0 Å². The van der Waals surface area contributed by atoms with Gasteiger partial charge in [0.05, 0.1) is 0 Å². The van der Waals surface area contributed by atoms with Gasteiger partial charge in [-0.25, -0.2) is 4.39 Å². The van der Waals surface area contributed by atoms with Crippen molar-refractivity contribution in [1.82, 2.24) is 0 Å². The number of hydrogen-bond donors (Lipinski definition) is 0. The molecule has 0 N–H and O–H groups in total. The van der Waals surface area contributed by atoms with Gasteiger partial charge in [-0.1, -0.05) is 12.1 Å². The first kappa shape index (κ1) is 12.2. The molecule has 0 aliphatic carbocycles. The third kappa shape index (κ3) is 2.72. The molecule has 3 heteroatoms. The molecule has 0 aromatic heterocycles. The minimum Gasteiger partial charge on any atom is -0.289 e. The number of rotatable bonds is 2. The van der Waals surface area contributed by atoms with Gasteiger partial charge in [-0.3, -0.25) is 4.79 Å². The smallest absolute Gasteiger partial charge is 0.193 e. The topological polar surface area (TPSA) is 17.1 Å². The van der Waals surface area contributed by atoms with Gasteiger partial charge >= 0.3 is 0 Å². The van der Waals surface area contributed by atoms with Crippen LogP contribution in [0.1, 0.15) is 21.5 Å². The van der Waals surface area contributed by atoms with Gasteiger partial charge in [0.2, 0.25) is 0 Å². The van der Waals surface area contributed by atoms with E-state index in [0.717, 1.165) is 3.57 Å². The van der Waals surface area contributed by atoms with Gasteiger partial charge in [0.15, 0.2) is 5.78 Å². The van der Waals surface area contributed by atoms with Crippen LogP contribution >= 0.6 is 22.6 Å². The normalized spacial score (nSPS) is 10.3. The molecule has 0 saturated carbocycles. The summed E-state index contributed by atoms with van der Waals surface area (Å²) >= 11 is 2.16. The number of halogens is 2. The molecule has 17 heavy (non-hydrogen) atoms. The third-order valence-corrected chi connectivity index (χ3v) is 3.19. The molecule has 0 aliphatic heterocycles. The van der Waals surface area contributed by atoms with Gasteiger partial charge < -0.3 is 0 Å². The number of carbonyl (C=O) groups is 1. The second-order valence-corrected chi connectivity index (χ2v) is 5.04. The molecule has 0 unspecified atom stereocenters. The number of carbonyl (C=O) groups excluding carboxylic acids is 1. The molecular formula is C14H10FIO. The standard InChI is InChI=1S/C14H10FIO/c1-9-7-11(15)5-6-13(9)14(17)10-3-2-4-12(16)8-10/h2-8H,1H3. The Balaban J connectivity index is 2.44. The highest BCUT2D eigenvalue weighted by Crippen LogP contribution is 2.17. The number of ketones is 1. The predicted octanol–water partition coefficient (Wildman–Crippen LogP) is 3.97. The van der Waals surface area contributed by atoms with Crippen molar-refractivity contribution >= 4 is 28.4 Å². The van der Waals surface area contributed by atoms with E-state index in [1.807, 2.05) is 18.2 Å². The molecule has 0 bridgehead atoms. The Morgan fingerprint density at radius 2 is 1.94 bits per heavy atom. The average molecular weight is 340 g/mol. The van der Waals surface area contributed by atoms with Crippen molar-refractivity contribution in [2.24, 2.45) is 0 Å². The van der Waals surface area contributed by atoms with Gasteiger partial charge in [-0.15, -0.1) is 0 Å². The molecule has 2 rings (SSSR count). The average Bonchev–Trinajstić information content (AvgIpc) is 2.28. The van der Waals surface area contributed by atoms with Crippen LogP contribution in [0.4, 0.5) is 4.39 Å². The van der Waals surface area contributed by atoms with E-state index in [0.29, 0.717) is 16.7 Å². The maximum atomic E-state index is 13.0. The first-order chi connectivity index (χ1) is 8.08. The zero-order chi connectivity index (χ0) is 12.4. The van der Waals surface area contributed by atoms with Gasteiger partial charge in [0.1, 0.15) is 5.82 Å². The van der Waals surface area contributed by atoms with Crippen LogP contribution in [0.25, 0.3) is 0 Å². The molecule has 86 valence electrons. The highest BCUT2D eigenvalue weighted by Gasteiger charge is 2.12. The summed E-state index contributed by atoms with van der Waals surface area (Å²) in [4.78, 5) is 12.2. The number of aryl methyl sites for hydroxylation is 1. The molecule has 0 atom stereocenters. The van der Waals surface area contributed by atoms with Gasteiger partial charge in [0, 0.05) is 14.7 Å². The lowest BCUT2D eigenvalue weighted by Gasteiger charge is -2.05. The predicted molar refractivity (Wildman–Crippen MR) is 73.7 cm³/mol. The molecule has 0 spiro atoms. The lowest BCUT2D eigenvalue weighted by Crippen LogP contribution is -2.04. The number of benzene rings is 2. The first-order valence-electron chi connectivity index (χ1n) is 5.14. The number of hydrogen-bond acceptors (Lipinski definition) is 1. The van der Waals surface area contributed by atoms with Crippen LogP contribution < -0.4 is 0 Å². The Hall–Kier alpha value is -1.23. The fourth-order valence-corrected chi connectivity index (χ4v) is 2.21. The van der Waals surface area contributed by atoms with E-state index in [1.165, 1.54) is 18.2 Å². The Morgan fingerprint density at radius 3 is 2.59 bits per heavy atom. The van der Waals surface area contributed by atoms with Crippen molar-refractivity contribution in [2.45, 2.75) is 6.92 Å². The molecule has 0 radical (unpaired) electrons. The van der Waals surface area contributed by atoms with Crippen molar-refractivity contribution < 1.29 is 9.18 Å². The summed E-state index contributed by atoms with van der Waals surface area (Å²) in [7, 11) is 0. The fourth-order valence-electron chi connectivity index (χ4n) is 1.67. The van der Waals surface area contributed by atoms with Crippen LogP contribution in [0.2, 0.25) is 0 Å². The van der Waals surface area contributed by atoms with Crippen LogP contribution in [0.5, 0.6) is 0 Å². The summed E-state index contributed by atoms with van der Waals surface area (Å²) in [5, 5.41) is 0. The minimum atomic E-state index is -0.318. The summed E-state index contributed by atoms with van der Waals surface area (Å²) in [6.07, 6.45) is 0. The molecule has 2 aromatic rings. The zero-order valence-corrected chi connectivity index (χ0v) is 11.4. The minimum absolute atomic E-state index is 0.0685. The van der Waals surface area contributed by atoms with Crippen molar-refractivity contribution in [3.63, 3.8) is 0 Å². The van der Waals surface area contributed by atoms with E-state index >= 15 is 0 Å². The van der Waals surface area contributed by atoms with E-state index in [2.05, 4.69) is 22.6 Å². The molecule has 0 heterocycles. The third-order valence-electron chi connectivity index (χ3n) is 2.52. The van der Waals surface area contributed by atoms with Gasteiger partial charge in [0.25, 0.3) is 0 Å². The maximum Gasteiger partial charge on any atom is 0.193 e. The van der Waals surface area contributed by atoms with Crippen LogP contribution in [-0.4, -0.2) is 5.78 Å². The Labute approximate surface area is 113 Å². The van der Waals surface area contributed by atoms with Crippen molar-refractivity contribution in [1.29, 1.82) is 0 Å². The van der Waals surface area contributed by atoms with E-state index < -0.39 is 0 Å². The summed E-state index contributed by atoms with van der Waals surface area (Å²) in [5.41, 5.74) is 1.84. The monoisotopic (exact) mass is 340 g/mol. The largest absolute Gasteiger partial charge is 0.289 e. The quantitative estimate of drug-likeness (QED) is 0.597. The molecule has 0 amide bonds. The van der Waals surface area contributed by atoms with Crippen molar-refractivity contribution in [3.8, 4) is 0 Å². The van der Waals surface area contributed by atoms with Crippen LogP contribution in [0.15, 0.2) is 42.5 Å². The van der Waals surface area contributed by atoms with Crippen LogP contribution in [-0.2, 0) is 0 Å². The summed E-state index contributed by atoms with van der Waals surface area (Å²) < 4.78 is 14.0. The molecular weight excluding hydrogens is 330 g/mol. The molecule has 0 fully saturated rings. The Morgan fingerprint density at radius 1 is 1.18 bits per heavy atom. The van der Waals surface area contributed by atoms with E-state index in [1.54, 1.807) is 13.0 Å². The second kappa shape index (κ2) is 4.96. The van der Waals surface area contributed by atoms with Crippen LogP contribution in [0, 0.1) is 16.3 Å². The lowest BCUT2D eigenvalue weighted by molar-refractivity contribution is 0.103. The Kier molecular flexibility index (Phi) is 3.57. The SMILES string of the molecule is Cc1cc(F)ccc1C(=O)c1cccc(I)c1. The van der Waals surface area contributed by atoms with Gasteiger partial charge in [-0.05, 0) is 65.4 Å². The summed E-state index contributed by atoms with van der Waals surface area (Å²) in [6, 6.07) is 11.6. The van der Waals surface area contributed by atoms with E-state index in [9.17, 15) is 9.18 Å². The lowest BCUT2D eigenvalue weighted by atomic mass is 9.99.